The van der Waals surface area contributed by atoms with Gasteiger partial charge in [0.05, 0.1) is 28.4 Å². The molecule has 2 fully saturated rings. The summed E-state index contributed by atoms with van der Waals surface area (Å²) in [6.45, 7) is -0.320. The fraction of sp³-hybridized carbons (Fsp3) is 0.375. The van der Waals surface area contributed by atoms with Crippen LogP contribution in [0, 0.1) is 0 Å². The number of nitrogens with one attached hydrogen (secondary N) is 1. The van der Waals surface area contributed by atoms with Crippen molar-refractivity contribution in [1.29, 1.82) is 0 Å². The average molecular weight is 500 g/mol. The molecule has 3 amide bonds. The Hall–Kier alpha value is -3.96. The number of carbonyl (C=O) groups is 2. The predicted octanol–water partition coefficient (Wildman–Crippen LogP) is 4.24. The fourth-order valence-corrected chi connectivity index (χ4v) is 4.67. The topological polar surface area (TPSA) is 101 Å². The third-order valence-electron chi connectivity index (χ3n) is 6.54. The van der Waals surface area contributed by atoms with Crippen LogP contribution in [0.4, 0.5) is 29.3 Å². The molecule has 9 nitrogen and oxygen atoms in total. The van der Waals surface area contributed by atoms with Gasteiger partial charge in [-0.1, -0.05) is 0 Å². The number of ether oxygens (including phenoxy) is 1. The molecule has 5 rings (SSSR count). The zero-order valence-corrected chi connectivity index (χ0v) is 19.3. The van der Waals surface area contributed by atoms with E-state index in [0.29, 0.717) is 37.8 Å². The summed E-state index contributed by atoms with van der Waals surface area (Å²) in [5.74, 6) is 0.0339. The van der Waals surface area contributed by atoms with E-state index in [-0.39, 0.29) is 24.4 Å². The van der Waals surface area contributed by atoms with Crippen molar-refractivity contribution in [1.82, 2.24) is 19.9 Å². The van der Waals surface area contributed by atoms with Crippen LogP contribution >= 0.6 is 0 Å². The molecular weight excluding hydrogens is 477 g/mol. The first-order valence-corrected chi connectivity index (χ1v) is 11.5. The van der Waals surface area contributed by atoms with Crippen LogP contribution in [0.15, 0.2) is 43.0 Å². The number of nitrogens with zero attached hydrogens (tertiary/aromatic N) is 5. The number of anilines is 2. The maximum absolute atomic E-state index is 13.1. The SMILES string of the molecule is CNc1ccc2c(OC3CCC(N4C(=O)CN(c5cncc(C(F)(F)F)c5)C4=O)CC3)ncnc2c1. The first-order chi connectivity index (χ1) is 17.2. The van der Waals surface area contributed by atoms with Gasteiger partial charge in [0.2, 0.25) is 5.88 Å². The van der Waals surface area contributed by atoms with E-state index in [0.717, 1.165) is 38.7 Å². The summed E-state index contributed by atoms with van der Waals surface area (Å²) in [7, 11) is 1.82. The molecule has 3 heterocycles. The number of carbonyl (C=O) groups excluding carboxylic acids is 2. The molecule has 3 aromatic rings. The van der Waals surface area contributed by atoms with Crippen molar-refractivity contribution >= 4 is 34.2 Å². The number of imide groups is 1. The maximum Gasteiger partial charge on any atom is 0.417 e. The van der Waals surface area contributed by atoms with Gasteiger partial charge in [0.15, 0.2) is 0 Å². The molecule has 0 radical (unpaired) electrons. The molecule has 2 aromatic heterocycles. The van der Waals surface area contributed by atoms with Crippen LogP contribution in [-0.2, 0) is 11.0 Å². The van der Waals surface area contributed by atoms with E-state index in [9.17, 15) is 22.8 Å². The number of hydrogen-bond donors (Lipinski definition) is 1. The highest BCUT2D eigenvalue weighted by molar-refractivity contribution is 6.12. The van der Waals surface area contributed by atoms with Crippen molar-refractivity contribution in [3.05, 3.63) is 48.5 Å². The Labute approximate surface area is 204 Å². The van der Waals surface area contributed by atoms with Gasteiger partial charge in [-0.3, -0.25) is 19.6 Å². The minimum atomic E-state index is -4.60. The predicted molar refractivity (Wildman–Crippen MR) is 125 cm³/mol. The zero-order valence-electron chi connectivity index (χ0n) is 19.3. The second kappa shape index (κ2) is 9.25. The van der Waals surface area contributed by atoms with Crippen LogP contribution < -0.4 is 15.0 Å². The summed E-state index contributed by atoms with van der Waals surface area (Å²) >= 11 is 0. The molecule has 2 aliphatic rings. The molecule has 0 atom stereocenters. The van der Waals surface area contributed by atoms with E-state index < -0.39 is 23.7 Å². The molecule has 12 heteroatoms. The largest absolute Gasteiger partial charge is 0.474 e. The van der Waals surface area contributed by atoms with E-state index >= 15 is 0 Å². The quantitative estimate of drug-likeness (QED) is 0.523. The summed E-state index contributed by atoms with van der Waals surface area (Å²) < 4.78 is 45.4. The van der Waals surface area contributed by atoms with Gasteiger partial charge in [-0.05, 0) is 49.9 Å². The fourth-order valence-electron chi connectivity index (χ4n) is 4.67. The van der Waals surface area contributed by atoms with Gasteiger partial charge in [-0.15, -0.1) is 0 Å². The van der Waals surface area contributed by atoms with Gasteiger partial charge in [0, 0.05) is 25.0 Å². The lowest BCUT2D eigenvalue weighted by atomic mass is 9.92. The normalized spacial score (nSPS) is 20.8. The maximum atomic E-state index is 13.1. The number of urea groups is 1. The Morgan fingerprint density at radius 1 is 1.06 bits per heavy atom. The number of fused-ring (bicyclic) bond motifs is 1. The van der Waals surface area contributed by atoms with Crippen LogP contribution in [0.3, 0.4) is 0 Å². The van der Waals surface area contributed by atoms with Crippen LogP contribution in [0.1, 0.15) is 31.2 Å². The number of aromatic nitrogens is 3. The molecule has 1 saturated heterocycles. The highest BCUT2D eigenvalue weighted by Crippen LogP contribution is 2.34. The lowest BCUT2D eigenvalue weighted by Crippen LogP contribution is -2.44. The van der Waals surface area contributed by atoms with Gasteiger partial charge >= 0.3 is 12.2 Å². The van der Waals surface area contributed by atoms with Crippen LogP contribution in [0.5, 0.6) is 5.88 Å². The highest BCUT2D eigenvalue weighted by Gasteiger charge is 2.43. The van der Waals surface area contributed by atoms with Gasteiger partial charge < -0.3 is 10.1 Å². The number of alkyl halides is 3. The zero-order chi connectivity index (χ0) is 25.4. The van der Waals surface area contributed by atoms with Gasteiger partial charge in [0.25, 0.3) is 5.91 Å². The molecule has 0 spiro atoms. The second-order valence-electron chi connectivity index (χ2n) is 8.77. The molecule has 1 aliphatic heterocycles. The monoisotopic (exact) mass is 500 g/mol. The van der Waals surface area contributed by atoms with Crippen LogP contribution in [0.25, 0.3) is 10.9 Å². The van der Waals surface area contributed by atoms with Crippen molar-refractivity contribution in [2.75, 3.05) is 23.8 Å². The first-order valence-electron chi connectivity index (χ1n) is 11.5. The third kappa shape index (κ3) is 4.50. The second-order valence-corrected chi connectivity index (χ2v) is 8.77. The minimum Gasteiger partial charge on any atom is -0.474 e. The van der Waals surface area contributed by atoms with E-state index in [1.54, 1.807) is 0 Å². The average Bonchev–Trinajstić information content (AvgIpc) is 3.17. The molecule has 1 aromatic carbocycles. The molecule has 1 saturated carbocycles. The van der Waals surface area contributed by atoms with Gasteiger partial charge in [0.1, 0.15) is 19.0 Å². The van der Waals surface area contributed by atoms with Crippen molar-refractivity contribution in [3.63, 3.8) is 0 Å². The first kappa shape index (κ1) is 23.8. The number of hydrogen-bond acceptors (Lipinski definition) is 7. The molecule has 1 aliphatic carbocycles. The Balaban J connectivity index is 1.25. The molecular formula is C24H23F3N6O3. The van der Waals surface area contributed by atoms with Crippen molar-refractivity contribution in [2.45, 2.75) is 44.0 Å². The van der Waals surface area contributed by atoms with Crippen molar-refractivity contribution in [3.8, 4) is 5.88 Å². The number of benzene rings is 1. The van der Waals surface area contributed by atoms with Crippen molar-refractivity contribution < 1.29 is 27.5 Å². The Kier molecular flexibility index (Phi) is 6.10. The van der Waals surface area contributed by atoms with E-state index in [4.69, 9.17) is 4.74 Å². The lowest BCUT2D eigenvalue weighted by Gasteiger charge is -2.33. The Bertz CT molecular complexity index is 1310. The van der Waals surface area contributed by atoms with Gasteiger partial charge in [-0.2, -0.15) is 13.2 Å². The molecule has 1 N–H and O–H groups in total. The van der Waals surface area contributed by atoms with E-state index in [1.807, 2.05) is 25.2 Å². The molecule has 0 bridgehead atoms. The highest BCUT2D eigenvalue weighted by atomic mass is 19.4. The summed E-state index contributed by atoms with van der Waals surface area (Å²) in [4.78, 5) is 40.1. The minimum absolute atomic E-state index is 0.0558. The molecule has 0 unspecified atom stereocenters. The molecule has 188 valence electrons. The summed E-state index contributed by atoms with van der Waals surface area (Å²) in [6, 6.07) is 5.54. The van der Waals surface area contributed by atoms with E-state index in [1.165, 1.54) is 6.33 Å². The van der Waals surface area contributed by atoms with Gasteiger partial charge in [-0.25, -0.2) is 14.8 Å². The Morgan fingerprint density at radius 2 is 1.83 bits per heavy atom. The molecule has 36 heavy (non-hydrogen) atoms. The van der Waals surface area contributed by atoms with E-state index in [2.05, 4.69) is 20.3 Å². The smallest absolute Gasteiger partial charge is 0.417 e. The number of pyridine rings is 1. The van der Waals surface area contributed by atoms with Crippen LogP contribution in [0.2, 0.25) is 0 Å². The third-order valence-corrected chi connectivity index (χ3v) is 6.54. The summed E-state index contributed by atoms with van der Waals surface area (Å²) in [6.07, 6.45) is 0.748. The Morgan fingerprint density at radius 3 is 2.56 bits per heavy atom. The summed E-state index contributed by atoms with van der Waals surface area (Å²) in [5, 5.41) is 3.85. The lowest BCUT2D eigenvalue weighted by molar-refractivity contribution is -0.137. The van der Waals surface area contributed by atoms with Crippen LogP contribution in [-0.4, -0.2) is 57.5 Å². The summed E-state index contributed by atoms with van der Waals surface area (Å²) in [5.41, 5.74) is 0.635. The standard InChI is InChI=1S/C24H23F3N6O3/c1-28-15-2-7-19-20(9-15)30-13-31-22(19)36-18-5-3-16(4-6-18)33-21(34)12-32(23(33)35)17-8-14(10-29-11-17)24(25,26)27/h2,7-11,13,16,18,28H,3-6,12H2,1H3. The number of halogens is 3. The number of rotatable bonds is 5. The van der Waals surface area contributed by atoms with Crippen molar-refractivity contribution in [2.24, 2.45) is 0 Å². The number of amides is 3.